The maximum absolute atomic E-state index is 12.1. The zero-order valence-corrected chi connectivity index (χ0v) is 11.3. The first-order valence-electron chi connectivity index (χ1n) is 6.61. The molecule has 2 heterocycles. The highest BCUT2D eigenvalue weighted by atomic mass is 16.5. The third-order valence-electron chi connectivity index (χ3n) is 3.42. The van der Waals surface area contributed by atoms with E-state index in [2.05, 4.69) is 10.3 Å². The Kier molecular flexibility index (Phi) is 5.21. The Labute approximate surface area is 121 Å². The van der Waals surface area contributed by atoms with Gasteiger partial charge in [0.25, 0.3) is 5.91 Å². The van der Waals surface area contributed by atoms with Crippen LogP contribution in [0.4, 0.5) is 0 Å². The zero-order valence-electron chi connectivity index (χ0n) is 11.3. The van der Waals surface area contributed by atoms with Gasteiger partial charge in [-0.25, -0.2) is 0 Å². The van der Waals surface area contributed by atoms with Crippen LogP contribution in [-0.2, 0) is 16.1 Å². The number of hydrogen-bond acceptors (Lipinski definition) is 7. The van der Waals surface area contributed by atoms with E-state index in [1.165, 1.54) is 0 Å². The molecule has 0 radical (unpaired) electrons. The molecule has 21 heavy (non-hydrogen) atoms. The molecule has 0 spiro atoms. The van der Waals surface area contributed by atoms with E-state index in [0.717, 1.165) is 5.56 Å². The minimum atomic E-state index is -1.51. The van der Waals surface area contributed by atoms with Crippen LogP contribution in [0.25, 0.3) is 0 Å². The van der Waals surface area contributed by atoms with Crippen molar-refractivity contribution in [2.24, 2.45) is 5.73 Å². The molecule has 8 heteroatoms. The van der Waals surface area contributed by atoms with Crippen LogP contribution in [0.1, 0.15) is 5.56 Å². The van der Waals surface area contributed by atoms with E-state index < -0.39 is 36.4 Å². The highest BCUT2D eigenvalue weighted by molar-refractivity contribution is 5.81. The number of aliphatic hydroxyl groups is 3. The predicted molar refractivity (Wildman–Crippen MR) is 71.8 cm³/mol. The van der Waals surface area contributed by atoms with Gasteiger partial charge in [-0.1, -0.05) is 0 Å². The second-order valence-electron chi connectivity index (χ2n) is 4.88. The lowest BCUT2D eigenvalue weighted by atomic mass is 9.94. The highest BCUT2D eigenvalue weighted by Crippen LogP contribution is 2.21. The number of nitrogens with one attached hydrogen (secondary N) is 1. The molecule has 1 amide bonds. The second kappa shape index (κ2) is 6.92. The summed E-state index contributed by atoms with van der Waals surface area (Å²) in [5.41, 5.74) is 6.25. The van der Waals surface area contributed by atoms with E-state index in [-0.39, 0.29) is 13.1 Å². The number of ether oxygens (including phenoxy) is 1. The maximum Gasteiger partial charge on any atom is 0.252 e. The Morgan fingerprint density at radius 1 is 1.24 bits per heavy atom. The van der Waals surface area contributed by atoms with Gasteiger partial charge in [-0.3, -0.25) is 9.78 Å². The van der Waals surface area contributed by atoms with Crippen molar-refractivity contribution in [3.8, 4) is 0 Å². The monoisotopic (exact) mass is 297 g/mol. The summed E-state index contributed by atoms with van der Waals surface area (Å²) in [4.78, 5) is 15.9. The average molecular weight is 297 g/mol. The summed E-state index contributed by atoms with van der Waals surface area (Å²) < 4.78 is 5.27. The molecule has 2 rings (SSSR count). The number of aliphatic hydroxyl groups excluding tert-OH is 3. The summed E-state index contributed by atoms with van der Waals surface area (Å²) >= 11 is 0. The molecule has 0 saturated carbocycles. The Hall–Kier alpha value is -1.58. The third-order valence-corrected chi connectivity index (χ3v) is 3.42. The first-order valence-corrected chi connectivity index (χ1v) is 6.61. The fourth-order valence-corrected chi connectivity index (χ4v) is 2.15. The van der Waals surface area contributed by atoms with Gasteiger partial charge < -0.3 is 31.1 Å². The lowest BCUT2D eigenvalue weighted by molar-refractivity contribution is -0.218. The van der Waals surface area contributed by atoms with Gasteiger partial charge in [0.1, 0.15) is 18.3 Å². The molecule has 0 unspecified atom stereocenters. The quantitative estimate of drug-likeness (QED) is 0.414. The number of carbonyl (C=O) groups is 1. The minimum Gasteiger partial charge on any atom is -0.388 e. The molecule has 0 bridgehead atoms. The van der Waals surface area contributed by atoms with Crippen molar-refractivity contribution in [1.29, 1.82) is 0 Å². The van der Waals surface area contributed by atoms with Crippen LogP contribution in [0.3, 0.4) is 0 Å². The van der Waals surface area contributed by atoms with Crippen LogP contribution in [-0.4, -0.2) is 63.3 Å². The summed E-state index contributed by atoms with van der Waals surface area (Å²) in [6, 6.07) is 3.47. The van der Waals surface area contributed by atoms with Crippen LogP contribution in [0.15, 0.2) is 24.5 Å². The standard InChI is InChI=1S/C13H19N3O5/c14-5-8-9(17)10(18)11(19)12(21-8)13(20)16-6-7-1-3-15-4-2-7/h1-4,8-12,17-19H,5-6,14H2,(H,16,20)/t8-,9-,10+,11+,12-/m0/s1. The molecule has 8 nitrogen and oxygen atoms in total. The van der Waals surface area contributed by atoms with Crippen molar-refractivity contribution in [2.75, 3.05) is 6.54 Å². The number of nitrogens with two attached hydrogens (primary N) is 1. The molecular formula is C13H19N3O5. The van der Waals surface area contributed by atoms with E-state index >= 15 is 0 Å². The number of aromatic nitrogens is 1. The molecule has 116 valence electrons. The predicted octanol–water partition coefficient (Wildman–Crippen LogP) is -2.49. The number of rotatable bonds is 4. The van der Waals surface area contributed by atoms with E-state index in [1.54, 1.807) is 24.5 Å². The van der Waals surface area contributed by atoms with E-state index in [4.69, 9.17) is 10.5 Å². The zero-order chi connectivity index (χ0) is 15.4. The van der Waals surface area contributed by atoms with E-state index in [1.807, 2.05) is 0 Å². The molecule has 1 aromatic rings. The van der Waals surface area contributed by atoms with Crippen molar-refractivity contribution < 1.29 is 24.9 Å². The van der Waals surface area contributed by atoms with Gasteiger partial charge in [0.2, 0.25) is 0 Å². The fourth-order valence-electron chi connectivity index (χ4n) is 2.15. The summed E-state index contributed by atoms with van der Waals surface area (Å²) in [6.07, 6.45) is -3.31. The number of hydrogen-bond donors (Lipinski definition) is 5. The number of carbonyl (C=O) groups excluding carboxylic acids is 1. The molecule has 1 saturated heterocycles. The van der Waals surface area contributed by atoms with Gasteiger partial charge in [0.15, 0.2) is 6.10 Å². The third kappa shape index (κ3) is 3.55. The Balaban J connectivity index is 1.97. The topological polar surface area (TPSA) is 138 Å². The highest BCUT2D eigenvalue weighted by Gasteiger charge is 2.45. The van der Waals surface area contributed by atoms with Crippen molar-refractivity contribution in [2.45, 2.75) is 37.1 Å². The molecule has 0 aliphatic carbocycles. The molecule has 1 fully saturated rings. The molecule has 1 aromatic heterocycles. The molecule has 1 aliphatic rings. The Bertz CT molecular complexity index is 470. The second-order valence-corrected chi connectivity index (χ2v) is 4.88. The number of amides is 1. The summed E-state index contributed by atoms with van der Waals surface area (Å²) in [6.45, 7) is 0.166. The summed E-state index contributed by atoms with van der Waals surface area (Å²) in [7, 11) is 0. The largest absolute Gasteiger partial charge is 0.388 e. The lowest BCUT2D eigenvalue weighted by Crippen LogP contribution is -2.62. The first kappa shape index (κ1) is 15.8. The number of pyridine rings is 1. The van der Waals surface area contributed by atoms with Crippen molar-refractivity contribution >= 4 is 5.91 Å². The molecule has 5 atom stereocenters. The minimum absolute atomic E-state index is 0.0704. The maximum atomic E-state index is 12.1. The Morgan fingerprint density at radius 2 is 1.90 bits per heavy atom. The lowest BCUT2D eigenvalue weighted by Gasteiger charge is -2.39. The Morgan fingerprint density at radius 3 is 2.52 bits per heavy atom. The van der Waals surface area contributed by atoms with Gasteiger partial charge >= 0.3 is 0 Å². The molecule has 1 aliphatic heterocycles. The van der Waals surface area contributed by atoms with Crippen LogP contribution in [0.5, 0.6) is 0 Å². The normalized spacial score (nSPS) is 32.7. The number of nitrogens with zero attached hydrogens (tertiary/aromatic N) is 1. The van der Waals surface area contributed by atoms with Gasteiger partial charge in [0, 0.05) is 25.5 Å². The van der Waals surface area contributed by atoms with Gasteiger partial charge in [-0.15, -0.1) is 0 Å². The van der Waals surface area contributed by atoms with Crippen LogP contribution in [0.2, 0.25) is 0 Å². The van der Waals surface area contributed by atoms with Crippen molar-refractivity contribution in [3.05, 3.63) is 30.1 Å². The molecule has 0 aromatic carbocycles. The van der Waals surface area contributed by atoms with Gasteiger partial charge in [-0.2, -0.15) is 0 Å². The SMILES string of the molecule is NC[C@@H]1O[C@H](C(=O)NCc2ccncc2)[C@H](O)[C@H](O)[C@H]1O. The van der Waals surface area contributed by atoms with E-state index in [9.17, 15) is 20.1 Å². The van der Waals surface area contributed by atoms with Crippen LogP contribution in [0, 0.1) is 0 Å². The first-order chi connectivity index (χ1) is 10.0. The average Bonchev–Trinajstić information content (AvgIpc) is 2.52. The van der Waals surface area contributed by atoms with Crippen LogP contribution >= 0.6 is 0 Å². The summed E-state index contributed by atoms with van der Waals surface area (Å²) in [5.74, 6) is -0.580. The van der Waals surface area contributed by atoms with Crippen LogP contribution < -0.4 is 11.1 Å². The van der Waals surface area contributed by atoms with Gasteiger partial charge in [0.05, 0.1) is 6.10 Å². The smallest absolute Gasteiger partial charge is 0.252 e. The molecular weight excluding hydrogens is 278 g/mol. The van der Waals surface area contributed by atoms with Crippen molar-refractivity contribution in [3.63, 3.8) is 0 Å². The fraction of sp³-hybridized carbons (Fsp3) is 0.538. The van der Waals surface area contributed by atoms with E-state index in [0.29, 0.717) is 0 Å². The van der Waals surface area contributed by atoms with Gasteiger partial charge in [-0.05, 0) is 17.7 Å². The summed E-state index contributed by atoms with van der Waals surface area (Å²) in [5, 5.41) is 31.8. The van der Waals surface area contributed by atoms with Crippen molar-refractivity contribution in [1.82, 2.24) is 10.3 Å². The molecule has 6 N–H and O–H groups in total.